The van der Waals surface area contributed by atoms with Crippen LogP contribution in [0, 0.1) is 0 Å². The maximum absolute atomic E-state index is 12.8. The molecule has 1 fully saturated rings. The van der Waals surface area contributed by atoms with Gasteiger partial charge in [0.1, 0.15) is 5.75 Å². The number of rotatable bonds is 3. The zero-order valence-electron chi connectivity index (χ0n) is 12.8. The maximum Gasteiger partial charge on any atom is 0.240 e. The third-order valence-corrected chi connectivity index (χ3v) is 4.31. The number of carbonyl (C=O) groups excluding carboxylic acids is 1. The van der Waals surface area contributed by atoms with Gasteiger partial charge in [-0.15, -0.1) is 0 Å². The van der Waals surface area contributed by atoms with Crippen LogP contribution in [0.15, 0.2) is 24.3 Å². The van der Waals surface area contributed by atoms with Crippen molar-refractivity contribution in [2.24, 2.45) is 0 Å². The molecule has 0 saturated carbocycles. The van der Waals surface area contributed by atoms with E-state index in [4.69, 9.17) is 4.74 Å². The van der Waals surface area contributed by atoms with Gasteiger partial charge in [-0.2, -0.15) is 0 Å². The van der Waals surface area contributed by atoms with Crippen LogP contribution in [0.2, 0.25) is 0 Å². The summed E-state index contributed by atoms with van der Waals surface area (Å²) in [7, 11) is 0. The Bertz CT molecular complexity index is 515. The van der Waals surface area contributed by atoms with E-state index in [2.05, 4.69) is 30.1 Å². The Kier molecular flexibility index (Phi) is 4.15. The van der Waals surface area contributed by atoms with Gasteiger partial charge in [-0.3, -0.25) is 4.79 Å². The van der Waals surface area contributed by atoms with Crippen LogP contribution in [0.25, 0.3) is 0 Å². The molecule has 1 amide bonds. The highest BCUT2D eigenvalue weighted by Crippen LogP contribution is 2.37. The molecule has 3 rings (SSSR count). The van der Waals surface area contributed by atoms with Crippen molar-refractivity contribution in [2.45, 2.75) is 51.2 Å². The topological polar surface area (TPSA) is 41.6 Å². The maximum atomic E-state index is 12.8. The van der Waals surface area contributed by atoms with Gasteiger partial charge in [0.25, 0.3) is 0 Å². The third-order valence-electron chi connectivity index (χ3n) is 4.31. The molecule has 2 atom stereocenters. The molecule has 4 nitrogen and oxygen atoms in total. The first kappa shape index (κ1) is 14.4. The molecule has 1 aromatic rings. The summed E-state index contributed by atoms with van der Waals surface area (Å²) < 4.78 is 5.72. The average molecular weight is 288 g/mol. The SMILES string of the molecule is CC(C)NC1CCCN(C2CCOc3ccccc32)C1=O. The molecule has 0 bridgehead atoms. The number of nitrogens with zero attached hydrogens (tertiary/aromatic N) is 1. The van der Waals surface area contributed by atoms with Crippen molar-refractivity contribution in [1.29, 1.82) is 0 Å². The van der Waals surface area contributed by atoms with Crippen LogP contribution in [0.4, 0.5) is 0 Å². The third kappa shape index (κ3) is 2.91. The number of carbonyl (C=O) groups is 1. The largest absolute Gasteiger partial charge is 0.493 e. The van der Waals surface area contributed by atoms with Crippen molar-refractivity contribution in [3.05, 3.63) is 29.8 Å². The van der Waals surface area contributed by atoms with Crippen LogP contribution in [0.3, 0.4) is 0 Å². The number of benzene rings is 1. The Morgan fingerprint density at radius 1 is 1.29 bits per heavy atom. The second kappa shape index (κ2) is 6.06. The van der Waals surface area contributed by atoms with E-state index in [1.807, 2.05) is 18.2 Å². The highest BCUT2D eigenvalue weighted by atomic mass is 16.5. The lowest BCUT2D eigenvalue weighted by atomic mass is 9.94. The summed E-state index contributed by atoms with van der Waals surface area (Å²) >= 11 is 0. The first-order valence-electron chi connectivity index (χ1n) is 7.95. The molecule has 1 aromatic carbocycles. The normalized spacial score (nSPS) is 25.7. The van der Waals surface area contributed by atoms with Crippen LogP contribution in [0.5, 0.6) is 5.75 Å². The fourth-order valence-corrected chi connectivity index (χ4v) is 3.41. The molecular weight excluding hydrogens is 264 g/mol. The number of nitrogens with one attached hydrogen (secondary N) is 1. The van der Waals surface area contributed by atoms with Crippen molar-refractivity contribution >= 4 is 5.91 Å². The zero-order valence-corrected chi connectivity index (χ0v) is 12.8. The van der Waals surface area contributed by atoms with Crippen molar-refractivity contribution in [3.8, 4) is 5.75 Å². The second-order valence-electron chi connectivity index (χ2n) is 6.24. The predicted octanol–water partition coefficient (Wildman–Crippen LogP) is 2.50. The molecule has 2 heterocycles. The average Bonchev–Trinajstić information content (AvgIpc) is 2.49. The summed E-state index contributed by atoms with van der Waals surface area (Å²) in [5.41, 5.74) is 1.15. The Balaban J connectivity index is 1.82. The Labute approximate surface area is 126 Å². The molecule has 2 aliphatic heterocycles. The number of fused-ring (bicyclic) bond motifs is 1. The molecule has 21 heavy (non-hydrogen) atoms. The molecule has 2 unspecified atom stereocenters. The molecule has 0 radical (unpaired) electrons. The first-order valence-corrected chi connectivity index (χ1v) is 7.95. The first-order chi connectivity index (χ1) is 10.2. The highest BCUT2D eigenvalue weighted by Gasteiger charge is 2.36. The summed E-state index contributed by atoms with van der Waals surface area (Å²) in [6.07, 6.45) is 2.89. The fraction of sp³-hybridized carbons (Fsp3) is 0.588. The van der Waals surface area contributed by atoms with E-state index in [-0.39, 0.29) is 18.0 Å². The summed E-state index contributed by atoms with van der Waals surface area (Å²) in [6, 6.07) is 8.57. The highest BCUT2D eigenvalue weighted by molar-refractivity contribution is 5.83. The van der Waals surface area contributed by atoms with E-state index < -0.39 is 0 Å². The number of likely N-dealkylation sites (tertiary alicyclic amines) is 1. The lowest BCUT2D eigenvalue weighted by Crippen LogP contribution is -2.53. The van der Waals surface area contributed by atoms with Crippen molar-refractivity contribution in [1.82, 2.24) is 10.2 Å². The quantitative estimate of drug-likeness (QED) is 0.929. The minimum Gasteiger partial charge on any atom is -0.493 e. The number of hydrogen-bond acceptors (Lipinski definition) is 3. The van der Waals surface area contributed by atoms with Gasteiger partial charge in [0.15, 0.2) is 0 Å². The lowest BCUT2D eigenvalue weighted by molar-refractivity contribution is -0.139. The van der Waals surface area contributed by atoms with E-state index >= 15 is 0 Å². The van der Waals surface area contributed by atoms with E-state index in [9.17, 15) is 4.79 Å². The summed E-state index contributed by atoms with van der Waals surface area (Å²) in [4.78, 5) is 14.9. The number of piperidine rings is 1. The van der Waals surface area contributed by atoms with Crippen molar-refractivity contribution in [3.63, 3.8) is 0 Å². The van der Waals surface area contributed by atoms with Crippen molar-refractivity contribution in [2.75, 3.05) is 13.2 Å². The molecule has 0 aromatic heterocycles. The number of para-hydroxylation sites is 1. The summed E-state index contributed by atoms with van der Waals surface area (Å²) in [5.74, 6) is 1.18. The molecule has 114 valence electrons. The Morgan fingerprint density at radius 2 is 2.10 bits per heavy atom. The van der Waals surface area contributed by atoms with Gasteiger partial charge in [-0.05, 0) is 18.9 Å². The van der Waals surface area contributed by atoms with E-state index in [0.717, 1.165) is 37.1 Å². The van der Waals surface area contributed by atoms with Gasteiger partial charge in [0.2, 0.25) is 5.91 Å². The summed E-state index contributed by atoms with van der Waals surface area (Å²) in [6.45, 7) is 5.73. The molecule has 4 heteroatoms. The van der Waals surface area contributed by atoms with Gasteiger partial charge >= 0.3 is 0 Å². The number of amides is 1. The van der Waals surface area contributed by atoms with Gasteiger partial charge in [-0.1, -0.05) is 32.0 Å². The smallest absolute Gasteiger partial charge is 0.240 e. The standard InChI is InChI=1S/C17H24N2O2/c1-12(2)18-14-7-5-10-19(17(14)20)15-9-11-21-16-8-4-3-6-13(15)16/h3-4,6,8,12,14-15,18H,5,7,9-11H2,1-2H3. The number of ether oxygens (including phenoxy) is 1. The van der Waals surface area contributed by atoms with Gasteiger partial charge in [-0.25, -0.2) is 0 Å². The van der Waals surface area contributed by atoms with Gasteiger partial charge in [0.05, 0.1) is 18.7 Å². The zero-order chi connectivity index (χ0) is 14.8. The van der Waals surface area contributed by atoms with Crippen LogP contribution >= 0.6 is 0 Å². The van der Waals surface area contributed by atoms with E-state index in [1.165, 1.54) is 0 Å². The van der Waals surface area contributed by atoms with E-state index in [0.29, 0.717) is 12.6 Å². The Morgan fingerprint density at radius 3 is 2.90 bits per heavy atom. The van der Waals surface area contributed by atoms with E-state index in [1.54, 1.807) is 0 Å². The molecule has 0 aliphatic carbocycles. The summed E-state index contributed by atoms with van der Waals surface area (Å²) in [5, 5.41) is 3.40. The second-order valence-corrected chi connectivity index (χ2v) is 6.24. The molecule has 1 saturated heterocycles. The van der Waals surface area contributed by atoms with Gasteiger partial charge in [0, 0.05) is 24.6 Å². The predicted molar refractivity (Wildman–Crippen MR) is 82.3 cm³/mol. The number of hydrogen-bond donors (Lipinski definition) is 1. The minimum atomic E-state index is -0.0336. The van der Waals surface area contributed by atoms with Crippen LogP contribution < -0.4 is 10.1 Å². The van der Waals surface area contributed by atoms with Gasteiger partial charge < -0.3 is 15.0 Å². The van der Waals surface area contributed by atoms with Crippen LogP contribution in [-0.2, 0) is 4.79 Å². The molecule has 2 aliphatic rings. The fourth-order valence-electron chi connectivity index (χ4n) is 3.41. The van der Waals surface area contributed by atoms with Crippen molar-refractivity contribution < 1.29 is 9.53 Å². The minimum absolute atomic E-state index is 0.0336. The van der Waals surface area contributed by atoms with Crippen LogP contribution in [-0.4, -0.2) is 36.0 Å². The molecular formula is C17H24N2O2. The molecule has 0 spiro atoms. The lowest BCUT2D eigenvalue weighted by Gasteiger charge is -2.41. The van der Waals surface area contributed by atoms with Crippen LogP contribution in [0.1, 0.15) is 44.7 Å². The Hall–Kier alpha value is -1.55. The molecule has 1 N–H and O–H groups in total. The monoisotopic (exact) mass is 288 g/mol.